The van der Waals surface area contributed by atoms with Gasteiger partial charge in [-0.15, -0.1) is 10.2 Å². The Morgan fingerprint density at radius 1 is 1.11 bits per heavy atom. The van der Waals surface area contributed by atoms with E-state index < -0.39 is 20.8 Å². The first-order valence-electron chi connectivity index (χ1n) is 7.57. The van der Waals surface area contributed by atoms with Crippen LogP contribution < -0.4 is 0 Å². The van der Waals surface area contributed by atoms with Crippen molar-refractivity contribution in [3.63, 3.8) is 0 Å². The highest BCUT2D eigenvalue weighted by molar-refractivity contribution is 7.92. The fourth-order valence-corrected chi connectivity index (χ4v) is 3.09. The van der Waals surface area contributed by atoms with Crippen LogP contribution >= 0.6 is 0 Å². The Labute approximate surface area is 153 Å². The molecule has 10 heteroatoms. The van der Waals surface area contributed by atoms with E-state index in [4.69, 9.17) is 0 Å². The van der Waals surface area contributed by atoms with E-state index in [1.165, 1.54) is 55.5 Å². The fourth-order valence-electron chi connectivity index (χ4n) is 2.56. The molecule has 0 radical (unpaired) electrons. The molecule has 0 aliphatic heterocycles. The minimum absolute atomic E-state index is 0.0210. The standard InChI is InChI=1S/C17H13N3O6S/c1-10-14(3-2-4-15(10)20(22)23)18-19-17-13-7-6-12(27(24,25)26)9-11(13)5-8-16(17)21/h2-9H,1H3,(H2,24,25,26). The number of hydrogen-bond acceptors (Lipinski definition) is 6. The molecule has 3 rings (SSSR count). The lowest BCUT2D eigenvalue weighted by atomic mass is 9.92. The van der Waals surface area contributed by atoms with Crippen molar-refractivity contribution in [2.24, 2.45) is 10.2 Å². The molecule has 138 valence electrons. The van der Waals surface area contributed by atoms with Crippen molar-refractivity contribution in [1.82, 2.24) is 0 Å². The fraction of sp³-hybridized carbons (Fsp3) is 0.0588. The Hall–Kier alpha value is -3.21. The molecule has 0 bridgehead atoms. The number of nitro benzene ring substituents is 1. The Morgan fingerprint density at radius 2 is 1.85 bits per heavy atom. The van der Waals surface area contributed by atoms with Gasteiger partial charge >= 0.3 is 0 Å². The predicted octanol–water partition coefficient (Wildman–Crippen LogP) is 3.28. The van der Waals surface area contributed by atoms with Gasteiger partial charge in [0.15, 0.2) is 0 Å². The highest BCUT2D eigenvalue weighted by Crippen LogP contribution is 2.31. The summed E-state index contributed by atoms with van der Waals surface area (Å²) in [6.45, 7) is 1.53. The summed E-state index contributed by atoms with van der Waals surface area (Å²) in [5, 5.41) is 18.9. The van der Waals surface area contributed by atoms with Crippen LogP contribution in [0.25, 0.3) is 0 Å². The first-order chi connectivity index (χ1) is 12.7. The summed E-state index contributed by atoms with van der Waals surface area (Å²) in [6.07, 6.45) is 6.52. The monoisotopic (exact) mass is 387 g/mol. The highest BCUT2D eigenvalue weighted by atomic mass is 32.2. The Balaban J connectivity index is 2.06. The Bertz CT molecular complexity index is 1140. The Morgan fingerprint density at radius 3 is 2.52 bits per heavy atom. The van der Waals surface area contributed by atoms with Gasteiger partial charge in [-0.05, 0) is 36.8 Å². The van der Waals surface area contributed by atoms with Gasteiger partial charge in [0, 0.05) is 11.6 Å². The smallest absolute Gasteiger partial charge is 0.274 e. The van der Waals surface area contributed by atoms with Crippen LogP contribution in [0.5, 0.6) is 0 Å². The van der Waals surface area contributed by atoms with Crippen LogP contribution in [0.3, 0.4) is 0 Å². The van der Waals surface area contributed by atoms with E-state index in [9.17, 15) is 28.2 Å². The number of nitro groups is 1. The number of carbonyl (C=O) groups excluding carboxylic acids is 1. The maximum Gasteiger partial charge on any atom is 0.274 e. The molecule has 0 spiro atoms. The van der Waals surface area contributed by atoms with Crippen LogP contribution in [-0.2, 0) is 14.9 Å². The van der Waals surface area contributed by atoms with Crippen LogP contribution in [0.15, 0.2) is 75.7 Å². The van der Waals surface area contributed by atoms with Crippen molar-refractivity contribution in [3.05, 3.63) is 81.1 Å². The van der Waals surface area contributed by atoms with Gasteiger partial charge in [0.2, 0.25) is 15.9 Å². The lowest BCUT2D eigenvalue weighted by Crippen LogP contribution is -2.14. The molecule has 27 heavy (non-hydrogen) atoms. The molecule has 0 heterocycles. The maximum atomic E-state index is 12.2. The van der Waals surface area contributed by atoms with Crippen LogP contribution in [0.2, 0.25) is 0 Å². The molecule has 0 saturated carbocycles. The SMILES string of the molecule is Cc1c(N=NC2=C3C=CC(=S(=O)(O)O)C=C3C=CC2=O)cccc1[N+](=O)[O-]. The van der Waals surface area contributed by atoms with Gasteiger partial charge in [0.25, 0.3) is 5.69 Å². The predicted molar refractivity (Wildman–Crippen MR) is 99.2 cm³/mol. The third kappa shape index (κ3) is 3.67. The van der Waals surface area contributed by atoms with E-state index in [0.717, 1.165) is 0 Å². The molecular weight excluding hydrogens is 374 g/mol. The van der Waals surface area contributed by atoms with Gasteiger partial charge in [0.05, 0.1) is 21.0 Å². The van der Waals surface area contributed by atoms with Crippen molar-refractivity contribution >= 4 is 32.1 Å². The number of rotatable bonds is 3. The number of fused-ring (bicyclic) bond motifs is 1. The number of hydrogen-bond donors (Lipinski definition) is 2. The second-order valence-electron chi connectivity index (χ2n) is 5.67. The number of benzene rings is 1. The van der Waals surface area contributed by atoms with Crippen molar-refractivity contribution in [2.75, 3.05) is 0 Å². The van der Waals surface area contributed by atoms with Gasteiger partial charge in [-0.25, -0.2) is 4.21 Å². The van der Waals surface area contributed by atoms with Gasteiger partial charge in [0.1, 0.15) is 5.70 Å². The topological polar surface area (TPSA) is 142 Å². The van der Waals surface area contributed by atoms with Crippen LogP contribution in [-0.4, -0.2) is 28.9 Å². The zero-order chi connectivity index (χ0) is 19.8. The molecular formula is C17H13N3O6S. The number of allylic oxidation sites excluding steroid dienone is 7. The van der Waals surface area contributed by atoms with Crippen LogP contribution in [0.4, 0.5) is 11.4 Å². The minimum atomic E-state index is -4.14. The summed E-state index contributed by atoms with van der Waals surface area (Å²) in [4.78, 5) is 22.5. The summed E-state index contributed by atoms with van der Waals surface area (Å²) in [5.41, 5.74) is 1.19. The lowest BCUT2D eigenvalue weighted by Gasteiger charge is -2.16. The van der Waals surface area contributed by atoms with E-state index in [1.54, 1.807) is 0 Å². The second-order valence-corrected chi connectivity index (χ2v) is 7.13. The number of carbonyl (C=O) groups is 1. The first kappa shape index (κ1) is 18.6. The molecule has 2 N–H and O–H groups in total. The van der Waals surface area contributed by atoms with Gasteiger partial charge < -0.3 is 0 Å². The molecule has 1 aromatic rings. The van der Waals surface area contributed by atoms with E-state index in [2.05, 4.69) is 10.2 Å². The summed E-state index contributed by atoms with van der Waals surface area (Å²) in [6, 6.07) is 4.34. The minimum Gasteiger partial charge on any atom is -0.293 e. The molecule has 0 saturated heterocycles. The summed E-state index contributed by atoms with van der Waals surface area (Å²) in [5.74, 6) is -0.434. The van der Waals surface area contributed by atoms with E-state index in [1.807, 2.05) is 0 Å². The van der Waals surface area contributed by atoms with Gasteiger partial charge in [-0.1, -0.05) is 18.2 Å². The average Bonchev–Trinajstić information content (AvgIpc) is 2.60. The third-order valence-electron chi connectivity index (χ3n) is 3.96. The van der Waals surface area contributed by atoms with E-state index in [-0.39, 0.29) is 21.9 Å². The van der Waals surface area contributed by atoms with Gasteiger partial charge in [-0.2, -0.15) is 0 Å². The molecule has 1 aromatic carbocycles. The van der Waals surface area contributed by atoms with E-state index in [0.29, 0.717) is 16.7 Å². The summed E-state index contributed by atoms with van der Waals surface area (Å²) >= 11 is 0. The zero-order valence-electron chi connectivity index (χ0n) is 13.9. The second kappa shape index (κ2) is 6.83. The quantitative estimate of drug-likeness (QED) is 0.353. The molecule has 2 aliphatic carbocycles. The highest BCUT2D eigenvalue weighted by Gasteiger charge is 2.22. The molecule has 0 aromatic heterocycles. The summed E-state index contributed by atoms with van der Waals surface area (Å²) in [7, 11) is -4.14. The van der Waals surface area contributed by atoms with Crippen LogP contribution in [0, 0.1) is 17.0 Å². The first-order valence-corrected chi connectivity index (χ1v) is 9.04. The number of ketones is 1. The van der Waals surface area contributed by atoms with Crippen molar-refractivity contribution in [1.29, 1.82) is 0 Å². The zero-order valence-corrected chi connectivity index (χ0v) is 14.7. The van der Waals surface area contributed by atoms with Crippen molar-refractivity contribution in [3.8, 4) is 0 Å². The normalized spacial score (nSPS) is 16.8. The maximum absolute atomic E-state index is 12.2. The molecule has 0 amide bonds. The molecule has 2 aliphatic rings. The molecule has 9 nitrogen and oxygen atoms in total. The third-order valence-corrected chi connectivity index (χ3v) is 4.83. The molecule has 0 fully saturated rings. The summed E-state index contributed by atoms with van der Waals surface area (Å²) < 4.78 is 29.9. The largest absolute Gasteiger partial charge is 0.293 e. The Kier molecular flexibility index (Phi) is 4.70. The van der Waals surface area contributed by atoms with Crippen LogP contribution in [0.1, 0.15) is 5.56 Å². The van der Waals surface area contributed by atoms with Gasteiger partial charge in [-0.3, -0.25) is 24.0 Å². The lowest BCUT2D eigenvalue weighted by molar-refractivity contribution is -0.385. The molecule has 0 atom stereocenters. The number of azo groups is 1. The number of nitrogens with zero attached hydrogens (tertiary/aromatic N) is 3. The average molecular weight is 387 g/mol. The molecule has 0 unspecified atom stereocenters. The van der Waals surface area contributed by atoms with Crippen molar-refractivity contribution in [2.45, 2.75) is 6.92 Å². The van der Waals surface area contributed by atoms with Crippen molar-refractivity contribution < 1.29 is 23.0 Å². The van der Waals surface area contributed by atoms with E-state index >= 15 is 0 Å².